The fourth-order valence-electron chi connectivity index (χ4n) is 3.56. The summed E-state index contributed by atoms with van der Waals surface area (Å²) in [6.07, 6.45) is 3.75. The molecule has 0 saturated heterocycles. The van der Waals surface area contributed by atoms with E-state index < -0.39 is 11.5 Å². The Hall–Kier alpha value is -4.48. The number of benzene rings is 2. The van der Waals surface area contributed by atoms with Crippen LogP contribution in [0.25, 0.3) is 34.0 Å². The normalized spacial score (nSPS) is 11.4. The van der Waals surface area contributed by atoms with Gasteiger partial charge in [-0.1, -0.05) is 36.4 Å². The molecule has 4 aromatic rings. The molecule has 0 bridgehead atoms. The minimum Gasteiger partial charge on any atom is -0.422 e. The number of hydrogen-bond acceptors (Lipinski definition) is 6. The molecule has 1 amide bonds. The maximum absolute atomic E-state index is 12.9. The van der Waals surface area contributed by atoms with Crippen molar-refractivity contribution < 1.29 is 13.9 Å². The van der Waals surface area contributed by atoms with E-state index in [1.807, 2.05) is 55.5 Å². The van der Waals surface area contributed by atoms with E-state index in [0.29, 0.717) is 43.0 Å². The maximum Gasteiger partial charge on any atom is 0.345 e. The van der Waals surface area contributed by atoms with Crippen LogP contribution < -0.4 is 10.9 Å². The molecule has 176 valence electrons. The summed E-state index contributed by atoms with van der Waals surface area (Å²) in [4.78, 5) is 25.5. The van der Waals surface area contributed by atoms with Crippen LogP contribution in [0.1, 0.15) is 18.9 Å². The van der Waals surface area contributed by atoms with Gasteiger partial charge < -0.3 is 14.5 Å². The molecule has 2 aromatic heterocycles. The van der Waals surface area contributed by atoms with Gasteiger partial charge in [-0.25, -0.2) is 9.48 Å². The molecular formula is C27H24N4O4. The number of hydrogen-bond donors (Lipinski definition) is 1. The molecule has 0 spiro atoms. The number of nitrogens with one attached hydrogen (secondary N) is 1. The third kappa shape index (κ3) is 5.54. The van der Waals surface area contributed by atoms with E-state index in [2.05, 4.69) is 10.4 Å². The van der Waals surface area contributed by atoms with Crippen LogP contribution in [0, 0.1) is 11.3 Å². The van der Waals surface area contributed by atoms with Crippen LogP contribution in [-0.2, 0) is 9.53 Å². The number of nitriles is 1. The summed E-state index contributed by atoms with van der Waals surface area (Å²) in [5.74, 6) is -0.507. The predicted octanol–water partition coefficient (Wildman–Crippen LogP) is 4.10. The van der Waals surface area contributed by atoms with Gasteiger partial charge in [-0.05, 0) is 43.7 Å². The van der Waals surface area contributed by atoms with Gasteiger partial charge in [-0.3, -0.25) is 4.79 Å². The number of amides is 1. The molecule has 8 nitrogen and oxygen atoms in total. The Morgan fingerprint density at radius 1 is 1.20 bits per heavy atom. The number of rotatable bonds is 9. The number of nitrogens with zero attached hydrogens (tertiary/aromatic N) is 3. The van der Waals surface area contributed by atoms with Gasteiger partial charge in [0.05, 0.1) is 11.3 Å². The average Bonchev–Trinajstić information content (AvgIpc) is 3.30. The summed E-state index contributed by atoms with van der Waals surface area (Å²) in [6.45, 7) is 3.41. The molecule has 2 heterocycles. The summed E-state index contributed by atoms with van der Waals surface area (Å²) < 4.78 is 12.4. The number of carbonyl (C=O) groups is 1. The van der Waals surface area contributed by atoms with Crippen LogP contribution in [0.15, 0.2) is 81.6 Å². The van der Waals surface area contributed by atoms with E-state index in [-0.39, 0.29) is 11.1 Å². The van der Waals surface area contributed by atoms with E-state index >= 15 is 0 Å². The maximum atomic E-state index is 12.9. The molecule has 0 saturated carbocycles. The van der Waals surface area contributed by atoms with Gasteiger partial charge in [0.2, 0.25) is 0 Å². The SMILES string of the molecule is CCOCCCNC(=O)C(C#N)=Cc1cn(-c2ccccc2)nc1-c1cc2ccccc2oc1=O. The van der Waals surface area contributed by atoms with Gasteiger partial charge in [0.25, 0.3) is 5.91 Å². The lowest BCUT2D eigenvalue weighted by Gasteiger charge is -2.05. The molecule has 1 N–H and O–H groups in total. The van der Waals surface area contributed by atoms with Crippen molar-refractivity contribution >= 4 is 23.0 Å². The predicted molar refractivity (Wildman–Crippen MR) is 133 cm³/mol. The van der Waals surface area contributed by atoms with E-state index in [1.165, 1.54) is 6.08 Å². The van der Waals surface area contributed by atoms with Crippen LogP contribution in [-0.4, -0.2) is 35.4 Å². The Kier molecular flexibility index (Phi) is 7.50. The molecule has 0 unspecified atom stereocenters. The first kappa shape index (κ1) is 23.7. The van der Waals surface area contributed by atoms with E-state index in [9.17, 15) is 14.9 Å². The van der Waals surface area contributed by atoms with Crippen molar-refractivity contribution in [2.75, 3.05) is 19.8 Å². The van der Waals surface area contributed by atoms with Crippen LogP contribution in [0.4, 0.5) is 0 Å². The zero-order chi connectivity index (χ0) is 24.6. The first-order valence-electron chi connectivity index (χ1n) is 11.3. The van der Waals surface area contributed by atoms with Crippen molar-refractivity contribution in [1.29, 1.82) is 5.26 Å². The molecule has 35 heavy (non-hydrogen) atoms. The van der Waals surface area contributed by atoms with E-state index in [1.54, 1.807) is 29.1 Å². The van der Waals surface area contributed by atoms with Crippen LogP contribution >= 0.6 is 0 Å². The minimum absolute atomic E-state index is 0.0968. The lowest BCUT2D eigenvalue weighted by molar-refractivity contribution is -0.117. The van der Waals surface area contributed by atoms with Crippen molar-refractivity contribution in [2.45, 2.75) is 13.3 Å². The molecule has 8 heteroatoms. The molecule has 0 aliphatic rings. The second-order valence-corrected chi connectivity index (χ2v) is 7.67. The van der Waals surface area contributed by atoms with Crippen molar-refractivity contribution in [2.24, 2.45) is 0 Å². The van der Waals surface area contributed by atoms with Gasteiger partial charge in [0.15, 0.2) is 0 Å². The Labute approximate surface area is 202 Å². The Balaban J connectivity index is 1.75. The highest BCUT2D eigenvalue weighted by atomic mass is 16.5. The van der Waals surface area contributed by atoms with Crippen LogP contribution in [0.2, 0.25) is 0 Å². The summed E-state index contributed by atoms with van der Waals surface area (Å²) >= 11 is 0. The van der Waals surface area contributed by atoms with E-state index in [4.69, 9.17) is 9.15 Å². The molecule has 0 fully saturated rings. The summed E-state index contributed by atoms with van der Waals surface area (Å²) in [5.41, 5.74) is 1.56. The second kappa shape index (κ2) is 11.1. The van der Waals surface area contributed by atoms with E-state index in [0.717, 1.165) is 11.1 Å². The molecular weight excluding hydrogens is 444 g/mol. The third-order valence-corrected chi connectivity index (χ3v) is 5.28. The summed E-state index contributed by atoms with van der Waals surface area (Å²) in [5, 5.41) is 17.7. The highest BCUT2D eigenvalue weighted by Crippen LogP contribution is 2.26. The number of ether oxygens (including phenoxy) is 1. The van der Waals surface area contributed by atoms with Crippen molar-refractivity contribution in [3.8, 4) is 23.0 Å². The van der Waals surface area contributed by atoms with Gasteiger partial charge in [-0.15, -0.1) is 0 Å². The Morgan fingerprint density at radius 2 is 1.97 bits per heavy atom. The fraction of sp³-hybridized carbons (Fsp3) is 0.185. The molecule has 2 aromatic carbocycles. The number of fused-ring (bicyclic) bond motifs is 1. The van der Waals surface area contributed by atoms with Gasteiger partial charge in [-0.2, -0.15) is 10.4 Å². The number of aromatic nitrogens is 2. The Bertz CT molecular complexity index is 1460. The van der Waals surface area contributed by atoms with Gasteiger partial charge in [0.1, 0.15) is 22.9 Å². The van der Waals surface area contributed by atoms with Crippen LogP contribution in [0.5, 0.6) is 0 Å². The minimum atomic E-state index is -0.560. The highest BCUT2D eigenvalue weighted by molar-refractivity contribution is 6.02. The molecule has 0 radical (unpaired) electrons. The largest absolute Gasteiger partial charge is 0.422 e. The lowest BCUT2D eigenvalue weighted by atomic mass is 10.1. The van der Waals surface area contributed by atoms with Crippen LogP contribution in [0.3, 0.4) is 0 Å². The number of carbonyl (C=O) groups excluding carboxylic acids is 1. The molecule has 0 aliphatic heterocycles. The van der Waals surface area contributed by atoms with Crippen molar-refractivity contribution in [3.05, 3.63) is 88.4 Å². The zero-order valence-electron chi connectivity index (χ0n) is 19.2. The average molecular weight is 469 g/mol. The summed E-state index contributed by atoms with van der Waals surface area (Å²) in [7, 11) is 0. The molecule has 0 atom stereocenters. The van der Waals surface area contributed by atoms with Crippen molar-refractivity contribution in [1.82, 2.24) is 15.1 Å². The quantitative estimate of drug-likeness (QED) is 0.171. The van der Waals surface area contributed by atoms with Crippen molar-refractivity contribution in [3.63, 3.8) is 0 Å². The highest BCUT2D eigenvalue weighted by Gasteiger charge is 2.18. The van der Waals surface area contributed by atoms with Gasteiger partial charge in [0, 0.05) is 36.9 Å². The second-order valence-electron chi connectivity index (χ2n) is 7.67. The fourth-order valence-corrected chi connectivity index (χ4v) is 3.56. The number of para-hydroxylation sites is 2. The zero-order valence-corrected chi connectivity index (χ0v) is 19.2. The topological polar surface area (TPSA) is 110 Å². The first-order valence-corrected chi connectivity index (χ1v) is 11.3. The van der Waals surface area contributed by atoms with Gasteiger partial charge >= 0.3 is 5.63 Å². The lowest BCUT2D eigenvalue weighted by Crippen LogP contribution is -2.26. The monoisotopic (exact) mass is 468 g/mol. The standard InChI is InChI=1S/C27H24N4O4/c1-2-34-14-8-13-29-26(32)20(17-28)15-21-18-31(22-10-4-3-5-11-22)30-25(21)23-16-19-9-6-7-12-24(19)35-27(23)33/h3-7,9-12,15-16,18H,2,8,13-14H2,1H3,(H,29,32). The first-order chi connectivity index (χ1) is 17.1. The molecule has 4 rings (SSSR count). The summed E-state index contributed by atoms with van der Waals surface area (Å²) in [6, 6.07) is 20.2. The third-order valence-electron chi connectivity index (χ3n) is 5.28. The Morgan fingerprint density at radius 3 is 2.74 bits per heavy atom. The smallest absolute Gasteiger partial charge is 0.345 e. The molecule has 0 aliphatic carbocycles.